The standard InChI is InChI=1S/C10H11BrN2O4S/c11-7-3-2-6(18-7)9(15)13-5(10(16)17)1-4-8(12)14/h2-3,5H,1,4H2,(H2,12,14)(H,13,15)(H,16,17)/t5-/m1/s1. The SMILES string of the molecule is NC(=O)CC[C@@H](NC(=O)c1ccc(Br)s1)C(=O)O. The van der Waals surface area contributed by atoms with Crippen LogP contribution >= 0.6 is 27.3 Å². The number of nitrogens with one attached hydrogen (secondary N) is 1. The highest BCUT2D eigenvalue weighted by Gasteiger charge is 2.21. The van der Waals surface area contributed by atoms with E-state index in [0.717, 1.165) is 3.79 Å². The first-order chi connectivity index (χ1) is 8.40. The van der Waals surface area contributed by atoms with Crippen LogP contribution in [0.1, 0.15) is 22.5 Å². The van der Waals surface area contributed by atoms with Crippen LogP contribution in [0, 0.1) is 0 Å². The van der Waals surface area contributed by atoms with Gasteiger partial charge in [-0.15, -0.1) is 11.3 Å². The van der Waals surface area contributed by atoms with Crippen LogP contribution in [-0.4, -0.2) is 28.9 Å². The molecule has 8 heteroatoms. The van der Waals surface area contributed by atoms with Gasteiger partial charge in [-0.3, -0.25) is 9.59 Å². The van der Waals surface area contributed by atoms with Crippen LogP contribution in [0.2, 0.25) is 0 Å². The highest BCUT2D eigenvalue weighted by atomic mass is 79.9. The lowest BCUT2D eigenvalue weighted by molar-refractivity contribution is -0.139. The van der Waals surface area contributed by atoms with Gasteiger partial charge in [-0.1, -0.05) is 0 Å². The van der Waals surface area contributed by atoms with Crippen molar-refractivity contribution in [3.8, 4) is 0 Å². The molecule has 0 saturated heterocycles. The van der Waals surface area contributed by atoms with Crippen LogP contribution in [0.3, 0.4) is 0 Å². The Labute approximate surface area is 115 Å². The Morgan fingerprint density at radius 3 is 2.56 bits per heavy atom. The normalized spacial score (nSPS) is 11.8. The molecule has 0 unspecified atom stereocenters. The van der Waals surface area contributed by atoms with E-state index < -0.39 is 23.8 Å². The smallest absolute Gasteiger partial charge is 0.326 e. The number of halogens is 1. The van der Waals surface area contributed by atoms with E-state index in [1.807, 2.05) is 0 Å². The maximum Gasteiger partial charge on any atom is 0.326 e. The van der Waals surface area contributed by atoms with Crippen molar-refractivity contribution in [1.29, 1.82) is 0 Å². The fourth-order valence-electron chi connectivity index (χ4n) is 1.21. The zero-order valence-corrected chi connectivity index (χ0v) is 11.6. The topological polar surface area (TPSA) is 109 Å². The van der Waals surface area contributed by atoms with Crippen LogP contribution in [-0.2, 0) is 9.59 Å². The number of rotatable bonds is 6. The Bertz CT molecular complexity index is 474. The van der Waals surface area contributed by atoms with Crippen molar-refractivity contribution in [3.05, 3.63) is 20.8 Å². The van der Waals surface area contributed by atoms with Crippen molar-refractivity contribution in [3.63, 3.8) is 0 Å². The second kappa shape index (κ2) is 6.50. The summed E-state index contributed by atoms with van der Waals surface area (Å²) in [5.74, 6) is -2.28. The first-order valence-corrected chi connectivity index (χ1v) is 6.58. The number of carboxylic acids is 1. The summed E-state index contributed by atoms with van der Waals surface area (Å²) in [6.45, 7) is 0. The van der Waals surface area contributed by atoms with Gasteiger partial charge in [-0.2, -0.15) is 0 Å². The van der Waals surface area contributed by atoms with Crippen molar-refractivity contribution >= 4 is 45.1 Å². The predicted molar refractivity (Wildman–Crippen MR) is 69.3 cm³/mol. The molecule has 0 bridgehead atoms. The quantitative estimate of drug-likeness (QED) is 0.719. The Morgan fingerprint density at radius 1 is 1.44 bits per heavy atom. The molecule has 98 valence electrons. The summed E-state index contributed by atoms with van der Waals surface area (Å²) < 4.78 is 0.775. The molecule has 0 aromatic carbocycles. The molecule has 18 heavy (non-hydrogen) atoms. The third-order valence-corrected chi connectivity index (χ3v) is 3.70. The second-order valence-corrected chi connectivity index (χ2v) is 5.94. The Hall–Kier alpha value is -1.41. The molecule has 1 rings (SSSR count). The zero-order valence-electron chi connectivity index (χ0n) is 9.18. The van der Waals surface area contributed by atoms with E-state index in [1.165, 1.54) is 11.3 Å². The van der Waals surface area contributed by atoms with Crippen LogP contribution in [0.15, 0.2) is 15.9 Å². The largest absolute Gasteiger partial charge is 0.480 e. The van der Waals surface area contributed by atoms with E-state index >= 15 is 0 Å². The molecular weight excluding hydrogens is 324 g/mol. The predicted octanol–water partition coefficient (Wildman–Crippen LogP) is 0.959. The van der Waals surface area contributed by atoms with Crippen molar-refractivity contribution in [1.82, 2.24) is 5.32 Å². The molecule has 0 aliphatic carbocycles. The lowest BCUT2D eigenvalue weighted by atomic mass is 10.1. The third-order valence-electron chi connectivity index (χ3n) is 2.08. The molecule has 6 nitrogen and oxygen atoms in total. The highest BCUT2D eigenvalue weighted by molar-refractivity contribution is 9.11. The molecule has 0 fully saturated rings. The Balaban J connectivity index is 2.63. The van der Waals surface area contributed by atoms with Gasteiger partial charge in [0.1, 0.15) is 6.04 Å². The van der Waals surface area contributed by atoms with Crippen LogP contribution in [0.5, 0.6) is 0 Å². The van der Waals surface area contributed by atoms with E-state index in [9.17, 15) is 14.4 Å². The Morgan fingerprint density at radius 2 is 2.11 bits per heavy atom. The first kappa shape index (κ1) is 14.7. The summed E-state index contributed by atoms with van der Waals surface area (Å²) in [5, 5.41) is 11.3. The second-order valence-electron chi connectivity index (χ2n) is 3.47. The molecule has 1 aromatic heterocycles. The number of hydrogen-bond donors (Lipinski definition) is 3. The van der Waals surface area contributed by atoms with E-state index in [0.29, 0.717) is 4.88 Å². The number of nitrogens with two attached hydrogens (primary N) is 1. The average molecular weight is 335 g/mol. The van der Waals surface area contributed by atoms with Crippen LogP contribution in [0.4, 0.5) is 0 Å². The van der Waals surface area contributed by atoms with Gasteiger partial charge in [0.25, 0.3) is 5.91 Å². The molecule has 0 aliphatic rings. The van der Waals surface area contributed by atoms with Gasteiger partial charge < -0.3 is 16.2 Å². The Kier molecular flexibility index (Phi) is 5.29. The third kappa shape index (κ3) is 4.46. The van der Waals surface area contributed by atoms with Gasteiger partial charge in [0.15, 0.2) is 0 Å². The number of primary amides is 1. The van der Waals surface area contributed by atoms with Gasteiger partial charge in [0, 0.05) is 6.42 Å². The number of carbonyl (C=O) groups is 3. The minimum atomic E-state index is -1.19. The van der Waals surface area contributed by atoms with Gasteiger partial charge in [0.2, 0.25) is 5.91 Å². The van der Waals surface area contributed by atoms with Crippen LogP contribution < -0.4 is 11.1 Å². The first-order valence-electron chi connectivity index (χ1n) is 4.97. The number of carboxylic acid groups (broad SMARTS) is 1. The molecule has 0 spiro atoms. The highest BCUT2D eigenvalue weighted by Crippen LogP contribution is 2.22. The van der Waals surface area contributed by atoms with Gasteiger partial charge >= 0.3 is 5.97 Å². The lowest BCUT2D eigenvalue weighted by Crippen LogP contribution is -2.41. The van der Waals surface area contributed by atoms with Gasteiger partial charge in [0.05, 0.1) is 8.66 Å². The summed E-state index contributed by atoms with van der Waals surface area (Å²) in [6, 6.07) is 2.15. The van der Waals surface area contributed by atoms with E-state index in [1.54, 1.807) is 12.1 Å². The summed E-state index contributed by atoms with van der Waals surface area (Å²) in [5.41, 5.74) is 4.94. The molecule has 4 N–H and O–H groups in total. The molecule has 1 atom stereocenters. The molecule has 0 saturated carbocycles. The van der Waals surface area contributed by atoms with E-state index in [4.69, 9.17) is 10.8 Å². The maximum atomic E-state index is 11.7. The molecule has 1 aromatic rings. The monoisotopic (exact) mass is 334 g/mol. The summed E-state index contributed by atoms with van der Waals surface area (Å²) >= 11 is 4.40. The minimum Gasteiger partial charge on any atom is -0.480 e. The summed E-state index contributed by atoms with van der Waals surface area (Å²) in [6.07, 6.45) is -0.117. The number of amides is 2. The molecule has 0 radical (unpaired) electrons. The van der Waals surface area contributed by atoms with E-state index in [2.05, 4.69) is 21.2 Å². The molecule has 1 heterocycles. The molecule has 0 aliphatic heterocycles. The van der Waals surface area contributed by atoms with Crippen molar-refractivity contribution in [2.45, 2.75) is 18.9 Å². The van der Waals surface area contributed by atoms with E-state index in [-0.39, 0.29) is 12.8 Å². The maximum absolute atomic E-state index is 11.7. The van der Waals surface area contributed by atoms with Crippen molar-refractivity contribution in [2.24, 2.45) is 5.73 Å². The fourth-order valence-corrected chi connectivity index (χ4v) is 2.50. The van der Waals surface area contributed by atoms with Crippen LogP contribution in [0.25, 0.3) is 0 Å². The molecular formula is C10H11BrN2O4S. The summed E-state index contributed by atoms with van der Waals surface area (Å²) in [4.78, 5) is 33.6. The fraction of sp³-hybridized carbons (Fsp3) is 0.300. The average Bonchev–Trinajstić information content (AvgIpc) is 2.70. The zero-order chi connectivity index (χ0) is 13.7. The number of carbonyl (C=O) groups excluding carboxylic acids is 2. The number of hydrogen-bond acceptors (Lipinski definition) is 4. The lowest BCUT2D eigenvalue weighted by Gasteiger charge is -2.12. The number of aliphatic carboxylic acids is 1. The van der Waals surface area contributed by atoms with Gasteiger partial charge in [-0.05, 0) is 34.5 Å². The number of thiophene rings is 1. The molecule has 2 amide bonds. The van der Waals surface area contributed by atoms with Crippen molar-refractivity contribution < 1.29 is 19.5 Å². The minimum absolute atomic E-state index is 0.0248. The van der Waals surface area contributed by atoms with Crippen molar-refractivity contribution in [2.75, 3.05) is 0 Å². The summed E-state index contributed by atoms with van der Waals surface area (Å²) in [7, 11) is 0. The van der Waals surface area contributed by atoms with Gasteiger partial charge in [-0.25, -0.2) is 4.79 Å².